The van der Waals surface area contributed by atoms with Crippen LogP contribution in [0.4, 0.5) is 0 Å². The summed E-state index contributed by atoms with van der Waals surface area (Å²) in [5, 5.41) is 6.41. The van der Waals surface area contributed by atoms with Gasteiger partial charge in [-0.2, -0.15) is 0 Å². The van der Waals surface area contributed by atoms with Gasteiger partial charge in [0, 0.05) is 12.1 Å². The fourth-order valence-corrected chi connectivity index (χ4v) is 3.06. The van der Waals surface area contributed by atoms with E-state index in [1.165, 1.54) is 25.8 Å². The van der Waals surface area contributed by atoms with Crippen LogP contribution in [0.2, 0.25) is 0 Å². The molecule has 0 aromatic carbocycles. The average molecular weight is 297 g/mol. The second-order valence-corrected chi connectivity index (χ2v) is 6.61. The number of hydrogen-bond donors (Lipinski definition) is 2. The summed E-state index contributed by atoms with van der Waals surface area (Å²) in [6.07, 6.45) is 7.32. The Morgan fingerprint density at radius 1 is 1.33 bits per heavy atom. The highest BCUT2D eigenvalue weighted by molar-refractivity contribution is 5.81. The lowest BCUT2D eigenvalue weighted by molar-refractivity contribution is -0.123. The minimum atomic E-state index is -0.0944. The topological polar surface area (TPSA) is 44.4 Å². The number of likely N-dealkylation sites (tertiary alicyclic amines) is 1. The number of carbonyl (C=O) groups excluding carboxylic acids is 1. The van der Waals surface area contributed by atoms with Crippen LogP contribution < -0.4 is 10.6 Å². The van der Waals surface area contributed by atoms with Crippen LogP contribution in [0.3, 0.4) is 0 Å². The predicted molar refractivity (Wildman–Crippen MR) is 89.5 cm³/mol. The Kier molecular flexibility index (Phi) is 8.93. The molecular weight excluding hydrogens is 262 g/mol. The number of piperidine rings is 1. The van der Waals surface area contributed by atoms with Gasteiger partial charge in [0.2, 0.25) is 5.91 Å². The number of nitrogens with zero attached hydrogens (tertiary/aromatic N) is 1. The fourth-order valence-electron chi connectivity index (χ4n) is 3.06. The Balaban J connectivity index is 2.12. The zero-order valence-corrected chi connectivity index (χ0v) is 14.5. The standard InChI is InChI=1S/C17H35N3O/c1-5-9-14(2)19-17(21)16(4)18-11-8-13-20-12-7-6-10-15(20)3/h14-16,18H,5-13H2,1-4H3,(H,19,21). The maximum Gasteiger partial charge on any atom is 0.237 e. The summed E-state index contributed by atoms with van der Waals surface area (Å²) >= 11 is 0. The van der Waals surface area contributed by atoms with Gasteiger partial charge in [0.25, 0.3) is 0 Å². The molecule has 0 spiro atoms. The Morgan fingerprint density at radius 2 is 2.10 bits per heavy atom. The molecule has 1 saturated heterocycles. The Morgan fingerprint density at radius 3 is 2.76 bits per heavy atom. The normalized spacial score (nSPS) is 22.8. The van der Waals surface area contributed by atoms with Crippen LogP contribution in [-0.4, -0.2) is 48.6 Å². The summed E-state index contributed by atoms with van der Waals surface area (Å²) < 4.78 is 0. The molecule has 0 bridgehead atoms. The van der Waals surface area contributed by atoms with Gasteiger partial charge in [0.05, 0.1) is 6.04 Å². The van der Waals surface area contributed by atoms with E-state index in [-0.39, 0.29) is 18.0 Å². The molecular formula is C17H35N3O. The molecule has 2 N–H and O–H groups in total. The van der Waals surface area contributed by atoms with E-state index in [4.69, 9.17) is 0 Å². The van der Waals surface area contributed by atoms with Crippen LogP contribution in [0.1, 0.15) is 66.2 Å². The van der Waals surface area contributed by atoms with E-state index in [1.807, 2.05) is 6.92 Å². The van der Waals surface area contributed by atoms with E-state index in [2.05, 4.69) is 36.3 Å². The quantitative estimate of drug-likeness (QED) is 0.643. The zero-order chi connectivity index (χ0) is 15.7. The van der Waals surface area contributed by atoms with Gasteiger partial charge in [-0.1, -0.05) is 19.8 Å². The number of amides is 1. The smallest absolute Gasteiger partial charge is 0.237 e. The van der Waals surface area contributed by atoms with Crippen molar-refractivity contribution in [3.63, 3.8) is 0 Å². The summed E-state index contributed by atoms with van der Waals surface area (Å²) in [5.74, 6) is 0.127. The minimum Gasteiger partial charge on any atom is -0.352 e. The minimum absolute atomic E-state index is 0.0944. The molecule has 0 aromatic heterocycles. The van der Waals surface area contributed by atoms with Gasteiger partial charge in [0.15, 0.2) is 0 Å². The molecule has 124 valence electrons. The predicted octanol–water partition coefficient (Wildman–Crippen LogP) is 2.53. The molecule has 1 aliphatic rings. The lowest BCUT2D eigenvalue weighted by Gasteiger charge is -2.33. The third kappa shape index (κ3) is 7.28. The van der Waals surface area contributed by atoms with Crippen molar-refractivity contribution >= 4 is 5.91 Å². The van der Waals surface area contributed by atoms with E-state index in [9.17, 15) is 4.79 Å². The molecule has 0 aliphatic carbocycles. The van der Waals surface area contributed by atoms with Crippen molar-refractivity contribution in [2.75, 3.05) is 19.6 Å². The van der Waals surface area contributed by atoms with Gasteiger partial charge in [0.1, 0.15) is 0 Å². The van der Waals surface area contributed by atoms with Gasteiger partial charge in [-0.3, -0.25) is 4.79 Å². The van der Waals surface area contributed by atoms with Crippen LogP contribution in [-0.2, 0) is 4.79 Å². The molecule has 3 unspecified atom stereocenters. The second-order valence-electron chi connectivity index (χ2n) is 6.61. The van der Waals surface area contributed by atoms with E-state index in [1.54, 1.807) is 0 Å². The molecule has 1 aliphatic heterocycles. The van der Waals surface area contributed by atoms with E-state index < -0.39 is 0 Å². The van der Waals surface area contributed by atoms with Crippen molar-refractivity contribution in [3.8, 4) is 0 Å². The van der Waals surface area contributed by atoms with E-state index >= 15 is 0 Å². The molecule has 4 heteroatoms. The largest absolute Gasteiger partial charge is 0.352 e. The highest BCUT2D eigenvalue weighted by atomic mass is 16.2. The lowest BCUT2D eigenvalue weighted by Crippen LogP contribution is -2.46. The van der Waals surface area contributed by atoms with Crippen LogP contribution in [0.5, 0.6) is 0 Å². The summed E-state index contributed by atoms with van der Waals surface area (Å²) in [6.45, 7) is 11.8. The zero-order valence-electron chi connectivity index (χ0n) is 14.5. The SMILES string of the molecule is CCCC(C)NC(=O)C(C)NCCCN1CCCCC1C. The number of nitrogens with one attached hydrogen (secondary N) is 2. The molecule has 0 radical (unpaired) electrons. The molecule has 21 heavy (non-hydrogen) atoms. The summed E-state index contributed by atoms with van der Waals surface area (Å²) in [6, 6.07) is 0.915. The van der Waals surface area contributed by atoms with Crippen LogP contribution in [0.25, 0.3) is 0 Å². The first kappa shape index (κ1) is 18.4. The first-order valence-electron chi connectivity index (χ1n) is 8.82. The molecule has 1 amide bonds. The average Bonchev–Trinajstić information content (AvgIpc) is 2.45. The van der Waals surface area contributed by atoms with E-state index in [0.29, 0.717) is 0 Å². The molecule has 1 heterocycles. The van der Waals surface area contributed by atoms with Gasteiger partial charge in [-0.25, -0.2) is 0 Å². The van der Waals surface area contributed by atoms with Crippen molar-refractivity contribution in [1.82, 2.24) is 15.5 Å². The highest BCUT2D eigenvalue weighted by Crippen LogP contribution is 2.16. The van der Waals surface area contributed by atoms with Gasteiger partial charge in [-0.05, 0) is 66.1 Å². The van der Waals surface area contributed by atoms with Gasteiger partial charge < -0.3 is 15.5 Å². The van der Waals surface area contributed by atoms with Crippen molar-refractivity contribution in [1.29, 1.82) is 0 Å². The Hall–Kier alpha value is -0.610. The molecule has 3 atom stereocenters. The summed E-state index contributed by atoms with van der Waals surface area (Å²) in [5.41, 5.74) is 0. The molecule has 4 nitrogen and oxygen atoms in total. The second kappa shape index (κ2) is 10.2. The van der Waals surface area contributed by atoms with Crippen LogP contribution in [0, 0.1) is 0 Å². The van der Waals surface area contributed by atoms with Gasteiger partial charge in [-0.15, -0.1) is 0 Å². The van der Waals surface area contributed by atoms with Crippen molar-refractivity contribution in [3.05, 3.63) is 0 Å². The van der Waals surface area contributed by atoms with Crippen molar-refractivity contribution in [2.45, 2.75) is 84.3 Å². The molecule has 1 fully saturated rings. The number of carbonyl (C=O) groups is 1. The van der Waals surface area contributed by atoms with E-state index in [0.717, 1.165) is 38.4 Å². The first-order chi connectivity index (χ1) is 10.0. The summed E-state index contributed by atoms with van der Waals surface area (Å²) in [4.78, 5) is 14.6. The number of hydrogen-bond acceptors (Lipinski definition) is 3. The Labute approximate surface area is 131 Å². The van der Waals surface area contributed by atoms with Gasteiger partial charge >= 0.3 is 0 Å². The highest BCUT2D eigenvalue weighted by Gasteiger charge is 2.18. The van der Waals surface area contributed by atoms with Crippen molar-refractivity contribution in [2.24, 2.45) is 0 Å². The van der Waals surface area contributed by atoms with Crippen LogP contribution in [0.15, 0.2) is 0 Å². The number of rotatable bonds is 9. The monoisotopic (exact) mass is 297 g/mol. The van der Waals surface area contributed by atoms with Crippen LogP contribution >= 0.6 is 0 Å². The maximum atomic E-state index is 12.0. The van der Waals surface area contributed by atoms with Crippen molar-refractivity contribution < 1.29 is 4.79 Å². The fraction of sp³-hybridized carbons (Fsp3) is 0.941. The Bertz CT molecular complexity index is 296. The molecule has 0 aromatic rings. The molecule has 0 saturated carbocycles. The first-order valence-corrected chi connectivity index (χ1v) is 8.82. The lowest BCUT2D eigenvalue weighted by atomic mass is 10.0. The maximum absolute atomic E-state index is 12.0. The third-order valence-corrected chi connectivity index (χ3v) is 4.52. The third-order valence-electron chi connectivity index (χ3n) is 4.52. The summed E-state index contributed by atoms with van der Waals surface area (Å²) in [7, 11) is 0. The molecule has 1 rings (SSSR count).